The second kappa shape index (κ2) is 8.85. The minimum absolute atomic E-state index is 0.148. The van der Waals surface area contributed by atoms with Gasteiger partial charge in [-0.2, -0.15) is 4.31 Å². The van der Waals surface area contributed by atoms with Crippen LogP contribution in [0.4, 0.5) is 15.8 Å². The van der Waals surface area contributed by atoms with E-state index in [-0.39, 0.29) is 15.8 Å². The van der Waals surface area contributed by atoms with Crippen molar-refractivity contribution < 1.29 is 17.5 Å². The van der Waals surface area contributed by atoms with E-state index in [0.29, 0.717) is 24.5 Å². The zero-order valence-corrected chi connectivity index (χ0v) is 17.1. The van der Waals surface area contributed by atoms with Crippen molar-refractivity contribution in [2.75, 3.05) is 30.8 Å². The highest BCUT2D eigenvalue weighted by molar-refractivity contribution is 7.89. The third kappa shape index (κ3) is 4.78. The molecule has 1 aliphatic heterocycles. The maximum atomic E-state index is 13.7. The second-order valence-electron chi connectivity index (χ2n) is 6.42. The van der Waals surface area contributed by atoms with Gasteiger partial charge in [-0.15, -0.1) is 0 Å². The molecule has 9 heteroatoms. The standard InChI is InChI=1S/C19H22FN3O3S2/c1-26-18-10-7-15(13-17(18)20)22-19(27)21-14-5-8-16(9-6-14)28(24,25)23-11-3-2-4-12-23/h5-10,13H,2-4,11-12H2,1H3,(H2,21,22,27). The van der Waals surface area contributed by atoms with Gasteiger partial charge in [0, 0.05) is 30.5 Å². The summed E-state index contributed by atoms with van der Waals surface area (Å²) in [6.45, 7) is 1.13. The molecule has 150 valence electrons. The van der Waals surface area contributed by atoms with Crippen molar-refractivity contribution >= 4 is 38.7 Å². The van der Waals surface area contributed by atoms with E-state index in [4.69, 9.17) is 17.0 Å². The summed E-state index contributed by atoms with van der Waals surface area (Å²) in [6.07, 6.45) is 2.85. The first-order chi connectivity index (χ1) is 13.4. The van der Waals surface area contributed by atoms with E-state index >= 15 is 0 Å². The molecule has 0 amide bonds. The van der Waals surface area contributed by atoms with Crippen LogP contribution < -0.4 is 15.4 Å². The molecule has 0 atom stereocenters. The summed E-state index contributed by atoms with van der Waals surface area (Å²) < 4.78 is 45.5. The highest BCUT2D eigenvalue weighted by atomic mass is 32.2. The third-order valence-corrected chi connectivity index (χ3v) is 6.59. The van der Waals surface area contributed by atoms with E-state index in [1.807, 2.05) is 0 Å². The van der Waals surface area contributed by atoms with Crippen molar-refractivity contribution in [1.29, 1.82) is 0 Å². The summed E-state index contributed by atoms with van der Waals surface area (Å²) >= 11 is 5.23. The number of thiocarbonyl (C=S) groups is 1. The smallest absolute Gasteiger partial charge is 0.243 e. The van der Waals surface area contributed by atoms with E-state index in [1.54, 1.807) is 30.3 Å². The molecule has 3 rings (SSSR count). The summed E-state index contributed by atoms with van der Waals surface area (Å²) in [5, 5.41) is 6.09. The van der Waals surface area contributed by atoms with E-state index in [9.17, 15) is 12.8 Å². The van der Waals surface area contributed by atoms with Crippen LogP contribution in [0.3, 0.4) is 0 Å². The van der Waals surface area contributed by atoms with Gasteiger partial charge in [-0.1, -0.05) is 6.42 Å². The summed E-state index contributed by atoms with van der Waals surface area (Å²) in [5.41, 5.74) is 1.10. The molecule has 0 saturated carbocycles. The quantitative estimate of drug-likeness (QED) is 0.713. The first kappa shape index (κ1) is 20.5. The number of anilines is 2. The number of rotatable bonds is 5. The number of halogens is 1. The molecule has 2 aromatic rings. The third-order valence-electron chi connectivity index (χ3n) is 4.47. The van der Waals surface area contributed by atoms with Crippen molar-refractivity contribution in [3.8, 4) is 5.75 Å². The van der Waals surface area contributed by atoms with Gasteiger partial charge in [-0.05, 0) is 61.5 Å². The fourth-order valence-corrected chi connectivity index (χ4v) is 4.75. The molecule has 2 N–H and O–H groups in total. The van der Waals surface area contributed by atoms with E-state index in [0.717, 1.165) is 19.3 Å². The van der Waals surface area contributed by atoms with Crippen LogP contribution in [-0.4, -0.2) is 38.0 Å². The first-order valence-corrected chi connectivity index (χ1v) is 10.8. The highest BCUT2D eigenvalue weighted by Crippen LogP contribution is 2.23. The van der Waals surface area contributed by atoms with Gasteiger partial charge in [0.1, 0.15) is 0 Å². The van der Waals surface area contributed by atoms with Crippen LogP contribution in [0.5, 0.6) is 5.75 Å². The molecule has 1 aliphatic rings. The number of benzene rings is 2. The Balaban J connectivity index is 1.63. The van der Waals surface area contributed by atoms with E-state index in [2.05, 4.69) is 10.6 Å². The largest absolute Gasteiger partial charge is 0.494 e. The van der Waals surface area contributed by atoms with Gasteiger partial charge in [0.2, 0.25) is 10.0 Å². The Morgan fingerprint density at radius 3 is 2.25 bits per heavy atom. The second-order valence-corrected chi connectivity index (χ2v) is 8.76. The predicted octanol–water partition coefficient (Wildman–Crippen LogP) is 3.82. The number of nitrogens with one attached hydrogen (secondary N) is 2. The molecule has 0 spiro atoms. The van der Waals surface area contributed by atoms with Crippen molar-refractivity contribution in [1.82, 2.24) is 4.31 Å². The molecule has 1 fully saturated rings. The van der Waals surface area contributed by atoms with Crippen LogP contribution >= 0.6 is 12.2 Å². The van der Waals surface area contributed by atoms with Crippen molar-refractivity contribution in [3.05, 3.63) is 48.3 Å². The van der Waals surface area contributed by atoms with Crippen LogP contribution in [0.1, 0.15) is 19.3 Å². The zero-order chi connectivity index (χ0) is 20.1. The molecule has 0 aromatic heterocycles. The Kier molecular flexibility index (Phi) is 6.48. The molecule has 0 radical (unpaired) electrons. The number of ether oxygens (including phenoxy) is 1. The van der Waals surface area contributed by atoms with Crippen LogP contribution in [0.15, 0.2) is 47.4 Å². The Morgan fingerprint density at radius 2 is 1.64 bits per heavy atom. The molecule has 1 saturated heterocycles. The maximum absolute atomic E-state index is 13.7. The molecule has 0 unspecified atom stereocenters. The lowest BCUT2D eigenvalue weighted by atomic mass is 10.2. The Morgan fingerprint density at radius 1 is 1.04 bits per heavy atom. The SMILES string of the molecule is COc1ccc(NC(=S)Nc2ccc(S(=O)(=O)N3CCCCC3)cc2)cc1F. The number of hydrogen-bond donors (Lipinski definition) is 2. The lowest BCUT2D eigenvalue weighted by Gasteiger charge is -2.25. The fourth-order valence-electron chi connectivity index (χ4n) is 3.00. The van der Waals surface area contributed by atoms with Crippen LogP contribution in [0.2, 0.25) is 0 Å². The lowest BCUT2D eigenvalue weighted by molar-refractivity contribution is 0.346. The molecule has 6 nitrogen and oxygen atoms in total. The Bertz CT molecular complexity index is 943. The van der Waals surface area contributed by atoms with Gasteiger partial charge < -0.3 is 15.4 Å². The molecule has 2 aromatic carbocycles. The van der Waals surface area contributed by atoms with E-state index in [1.165, 1.54) is 23.5 Å². The Hall–Kier alpha value is -2.23. The molecular weight excluding hydrogens is 401 g/mol. The van der Waals surface area contributed by atoms with Crippen molar-refractivity contribution in [2.24, 2.45) is 0 Å². The normalized spacial score (nSPS) is 15.1. The molecule has 0 bridgehead atoms. The van der Waals surface area contributed by atoms with Gasteiger partial charge in [-0.25, -0.2) is 12.8 Å². The Labute approximate surface area is 169 Å². The molecular formula is C19H22FN3O3S2. The fraction of sp³-hybridized carbons (Fsp3) is 0.316. The average molecular weight is 424 g/mol. The maximum Gasteiger partial charge on any atom is 0.243 e. The summed E-state index contributed by atoms with van der Waals surface area (Å²) in [7, 11) is -2.07. The number of sulfonamides is 1. The van der Waals surface area contributed by atoms with Gasteiger partial charge in [0.25, 0.3) is 0 Å². The molecule has 1 heterocycles. The lowest BCUT2D eigenvalue weighted by Crippen LogP contribution is -2.35. The van der Waals surface area contributed by atoms with Crippen LogP contribution in [0.25, 0.3) is 0 Å². The average Bonchev–Trinajstić information content (AvgIpc) is 2.69. The minimum atomic E-state index is -3.46. The highest BCUT2D eigenvalue weighted by Gasteiger charge is 2.25. The molecule has 0 aliphatic carbocycles. The van der Waals surface area contributed by atoms with Gasteiger partial charge in [-0.3, -0.25) is 0 Å². The van der Waals surface area contributed by atoms with Crippen molar-refractivity contribution in [2.45, 2.75) is 24.2 Å². The van der Waals surface area contributed by atoms with Gasteiger partial charge >= 0.3 is 0 Å². The summed E-state index contributed by atoms with van der Waals surface area (Å²) in [6, 6.07) is 10.8. The number of nitrogens with zero attached hydrogens (tertiary/aromatic N) is 1. The van der Waals surface area contributed by atoms with Crippen molar-refractivity contribution in [3.63, 3.8) is 0 Å². The first-order valence-electron chi connectivity index (χ1n) is 8.92. The summed E-state index contributed by atoms with van der Waals surface area (Å²) in [4.78, 5) is 0.260. The predicted molar refractivity (Wildman–Crippen MR) is 112 cm³/mol. The number of methoxy groups -OCH3 is 1. The monoisotopic (exact) mass is 423 g/mol. The van der Waals surface area contributed by atoms with Gasteiger partial charge in [0.15, 0.2) is 16.7 Å². The minimum Gasteiger partial charge on any atom is -0.494 e. The number of hydrogen-bond acceptors (Lipinski definition) is 4. The molecule has 28 heavy (non-hydrogen) atoms. The van der Waals surface area contributed by atoms with E-state index < -0.39 is 15.8 Å². The zero-order valence-electron chi connectivity index (χ0n) is 15.4. The van der Waals surface area contributed by atoms with Gasteiger partial charge in [0.05, 0.1) is 12.0 Å². The number of piperidine rings is 1. The topological polar surface area (TPSA) is 70.7 Å². The summed E-state index contributed by atoms with van der Waals surface area (Å²) in [5.74, 6) is -0.350. The van der Waals surface area contributed by atoms with Crippen LogP contribution in [-0.2, 0) is 10.0 Å². The van der Waals surface area contributed by atoms with Crippen LogP contribution in [0, 0.1) is 5.82 Å².